The Morgan fingerprint density at radius 1 is 1.24 bits per heavy atom. The lowest BCUT2D eigenvalue weighted by Crippen LogP contribution is -2.32. The maximum atomic E-state index is 13.1. The van der Waals surface area contributed by atoms with Gasteiger partial charge in [0.15, 0.2) is 0 Å². The predicted molar refractivity (Wildman–Crippen MR) is 76.2 cm³/mol. The first-order valence-corrected chi connectivity index (χ1v) is 6.43. The van der Waals surface area contributed by atoms with Crippen molar-refractivity contribution in [2.24, 2.45) is 5.73 Å². The fourth-order valence-corrected chi connectivity index (χ4v) is 2.61. The van der Waals surface area contributed by atoms with Crippen LogP contribution in [0.3, 0.4) is 0 Å². The van der Waals surface area contributed by atoms with Crippen LogP contribution in [0.5, 0.6) is 0 Å². The second-order valence-corrected chi connectivity index (χ2v) is 5.03. The van der Waals surface area contributed by atoms with Gasteiger partial charge in [-0.1, -0.05) is 18.2 Å². The van der Waals surface area contributed by atoms with Gasteiger partial charge in [-0.3, -0.25) is 0 Å². The molecule has 0 spiro atoms. The molecule has 0 saturated carbocycles. The molecule has 0 amide bonds. The van der Waals surface area contributed by atoms with Gasteiger partial charge in [0.05, 0.1) is 5.56 Å². The van der Waals surface area contributed by atoms with E-state index in [1.165, 1.54) is 12.1 Å². The summed E-state index contributed by atoms with van der Waals surface area (Å²) in [6, 6.07) is 5.49. The molecule has 0 aliphatic carbocycles. The third-order valence-corrected chi connectivity index (χ3v) is 3.60. The molecule has 0 bridgehead atoms. The van der Waals surface area contributed by atoms with Crippen LogP contribution in [0, 0.1) is 0 Å². The van der Waals surface area contributed by atoms with Crippen LogP contribution in [0.25, 0.3) is 11.4 Å². The summed E-state index contributed by atoms with van der Waals surface area (Å²) < 4.78 is 41.1. The van der Waals surface area contributed by atoms with Crippen molar-refractivity contribution in [3.63, 3.8) is 0 Å². The number of hydrogen-bond donors (Lipinski definition) is 1. The smallest absolute Gasteiger partial charge is 0.327 e. The lowest BCUT2D eigenvalue weighted by Gasteiger charge is -2.23. The van der Waals surface area contributed by atoms with Gasteiger partial charge in [-0.25, -0.2) is 4.98 Å². The van der Waals surface area contributed by atoms with E-state index in [0.717, 1.165) is 24.6 Å². The second kappa shape index (κ2) is 5.69. The van der Waals surface area contributed by atoms with Crippen LogP contribution in [0.2, 0.25) is 0 Å². The minimum Gasteiger partial charge on any atom is -0.327 e. The second-order valence-electron chi connectivity index (χ2n) is 5.03. The molecule has 3 nitrogen and oxygen atoms in total. The normalized spacial score (nSPS) is 18.0. The summed E-state index contributed by atoms with van der Waals surface area (Å²) in [5.41, 5.74) is 6.30. The van der Waals surface area contributed by atoms with Crippen molar-refractivity contribution in [3.8, 4) is 11.4 Å². The molecule has 1 aromatic heterocycles. The molecule has 2 heterocycles. The third kappa shape index (κ3) is 2.91. The van der Waals surface area contributed by atoms with Crippen molar-refractivity contribution in [1.82, 2.24) is 9.55 Å². The summed E-state index contributed by atoms with van der Waals surface area (Å²) in [5, 5.41) is 0. The number of rotatable bonds is 1. The summed E-state index contributed by atoms with van der Waals surface area (Å²) in [6.07, 6.45) is -1.15. The van der Waals surface area contributed by atoms with Crippen molar-refractivity contribution in [3.05, 3.63) is 41.7 Å². The molecule has 1 unspecified atom stereocenters. The molecule has 2 N–H and O–H groups in total. The Morgan fingerprint density at radius 3 is 2.67 bits per heavy atom. The van der Waals surface area contributed by atoms with Gasteiger partial charge in [0.25, 0.3) is 0 Å². The zero-order valence-corrected chi connectivity index (χ0v) is 11.9. The minimum absolute atomic E-state index is 0. The molecule has 0 saturated heterocycles. The number of imidazole rings is 1. The van der Waals surface area contributed by atoms with Gasteiger partial charge in [0, 0.05) is 30.0 Å². The zero-order chi connectivity index (χ0) is 14.3. The van der Waals surface area contributed by atoms with Crippen LogP contribution < -0.4 is 5.73 Å². The summed E-state index contributed by atoms with van der Waals surface area (Å²) in [4.78, 5) is 4.18. The van der Waals surface area contributed by atoms with E-state index in [4.69, 9.17) is 5.73 Å². The van der Waals surface area contributed by atoms with Crippen LogP contribution >= 0.6 is 12.4 Å². The number of aromatic nitrogens is 2. The maximum Gasteiger partial charge on any atom is 0.417 e. The van der Waals surface area contributed by atoms with Crippen molar-refractivity contribution >= 4 is 12.4 Å². The number of alkyl halides is 3. The Hall–Kier alpha value is -1.53. The largest absolute Gasteiger partial charge is 0.417 e. The molecule has 0 fully saturated rings. The predicted octanol–water partition coefficient (Wildman–Crippen LogP) is 3.26. The molecule has 1 aromatic carbocycles. The summed E-state index contributed by atoms with van der Waals surface area (Å²) in [7, 11) is 0. The van der Waals surface area contributed by atoms with E-state index in [9.17, 15) is 13.2 Å². The van der Waals surface area contributed by atoms with E-state index in [-0.39, 0.29) is 24.0 Å². The number of fused-ring (bicyclic) bond motifs is 1. The molecule has 1 aliphatic rings. The molecule has 2 aromatic rings. The Morgan fingerprint density at radius 2 is 1.95 bits per heavy atom. The lowest BCUT2D eigenvalue weighted by atomic mass is 10.0. The molecular formula is C14H15ClF3N3. The standard InChI is InChI=1S/C14H14F3N3.ClH/c15-14(16,17)12-4-2-1-3-11(12)13-19-7-10-6-5-9(18)8-20(10)13;/h1-4,7,9H,5-6,8,18H2;1H. The van der Waals surface area contributed by atoms with E-state index < -0.39 is 11.7 Å². The molecular weight excluding hydrogens is 303 g/mol. The van der Waals surface area contributed by atoms with E-state index in [2.05, 4.69) is 4.98 Å². The minimum atomic E-state index is -4.39. The SMILES string of the molecule is Cl.NC1CCc2cnc(-c3ccccc3C(F)(F)F)n2C1. The van der Waals surface area contributed by atoms with E-state index in [1.54, 1.807) is 16.8 Å². The number of benzene rings is 1. The Labute approximate surface area is 126 Å². The van der Waals surface area contributed by atoms with Crippen molar-refractivity contribution in [2.45, 2.75) is 31.6 Å². The lowest BCUT2D eigenvalue weighted by molar-refractivity contribution is -0.137. The fourth-order valence-electron chi connectivity index (χ4n) is 2.61. The topological polar surface area (TPSA) is 43.8 Å². The van der Waals surface area contributed by atoms with Gasteiger partial charge in [0.1, 0.15) is 5.82 Å². The van der Waals surface area contributed by atoms with E-state index in [0.29, 0.717) is 12.4 Å². The van der Waals surface area contributed by atoms with Gasteiger partial charge in [-0.15, -0.1) is 12.4 Å². The average Bonchev–Trinajstić information content (AvgIpc) is 2.80. The maximum absolute atomic E-state index is 13.1. The molecule has 1 atom stereocenters. The van der Waals surface area contributed by atoms with Crippen LogP contribution in [0.1, 0.15) is 17.7 Å². The number of nitrogens with two attached hydrogens (primary N) is 1. The summed E-state index contributed by atoms with van der Waals surface area (Å²) in [6.45, 7) is 0.511. The third-order valence-electron chi connectivity index (χ3n) is 3.60. The Bertz CT molecular complexity index is 637. The molecule has 1 aliphatic heterocycles. The molecule has 3 rings (SSSR count). The Kier molecular flexibility index (Phi) is 4.30. The van der Waals surface area contributed by atoms with Crippen LogP contribution in [0.15, 0.2) is 30.5 Å². The van der Waals surface area contributed by atoms with Gasteiger partial charge < -0.3 is 10.3 Å². The van der Waals surface area contributed by atoms with Crippen molar-refractivity contribution in [2.75, 3.05) is 0 Å². The molecule has 0 radical (unpaired) electrons. The summed E-state index contributed by atoms with van der Waals surface area (Å²) >= 11 is 0. The Balaban J connectivity index is 0.00000161. The number of hydrogen-bond acceptors (Lipinski definition) is 2. The van der Waals surface area contributed by atoms with Gasteiger partial charge in [-0.05, 0) is 18.9 Å². The van der Waals surface area contributed by atoms with Crippen LogP contribution in [0.4, 0.5) is 13.2 Å². The zero-order valence-electron chi connectivity index (χ0n) is 11.1. The van der Waals surface area contributed by atoms with Crippen LogP contribution in [-0.4, -0.2) is 15.6 Å². The van der Waals surface area contributed by atoms with Gasteiger partial charge in [-0.2, -0.15) is 13.2 Å². The van der Waals surface area contributed by atoms with E-state index >= 15 is 0 Å². The first-order valence-electron chi connectivity index (χ1n) is 6.43. The van der Waals surface area contributed by atoms with Crippen molar-refractivity contribution < 1.29 is 13.2 Å². The van der Waals surface area contributed by atoms with Gasteiger partial charge >= 0.3 is 6.18 Å². The quantitative estimate of drug-likeness (QED) is 0.877. The first kappa shape index (κ1) is 15.9. The van der Waals surface area contributed by atoms with Crippen LogP contribution in [-0.2, 0) is 19.1 Å². The number of halogens is 4. The highest BCUT2D eigenvalue weighted by Gasteiger charge is 2.35. The van der Waals surface area contributed by atoms with Crippen molar-refractivity contribution in [1.29, 1.82) is 0 Å². The monoisotopic (exact) mass is 317 g/mol. The average molecular weight is 318 g/mol. The highest BCUT2D eigenvalue weighted by molar-refractivity contribution is 5.85. The number of aryl methyl sites for hydroxylation is 1. The number of nitrogens with zero attached hydrogens (tertiary/aromatic N) is 2. The summed E-state index contributed by atoms with van der Waals surface area (Å²) in [5.74, 6) is 0.350. The van der Waals surface area contributed by atoms with Gasteiger partial charge in [0.2, 0.25) is 0 Å². The molecule has 7 heteroatoms. The molecule has 21 heavy (non-hydrogen) atoms. The highest BCUT2D eigenvalue weighted by Crippen LogP contribution is 2.37. The fraction of sp³-hybridized carbons (Fsp3) is 0.357. The highest BCUT2D eigenvalue weighted by atomic mass is 35.5. The van der Waals surface area contributed by atoms with E-state index in [1.807, 2.05) is 0 Å². The first-order chi connectivity index (χ1) is 9.47. The molecule has 114 valence electrons.